The first-order chi connectivity index (χ1) is 14.7. The molecule has 31 heavy (non-hydrogen) atoms. The molecule has 0 bridgehead atoms. The molecule has 1 aliphatic rings. The number of carbonyl (C=O) groups excluding carboxylic acids is 2. The molecule has 1 aliphatic heterocycles. The Morgan fingerprint density at radius 1 is 1.32 bits per heavy atom. The largest absolute Gasteiger partial charge is 0.444 e. The second kappa shape index (κ2) is 11.5. The Balaban J connectivity index is 1.78. The smallest absolute Gasteiger partial charge is 0.410 e. The van der Waals surface area contributed by atoms with Crippen LogP contribution in [0.4, 0.5) is 10.5 Å². The van der Waals surface area contributed by atoms with Crippen LogP contribution < -0.4 is 10.6 Å². The van der Waals surface area contributed by atoms with E-state index in [1.807, 2.05) is 27.7 Å². The Bertz CT molecular complexity index is 739. The number of nitrogens with one attached hydrogen (secondary N) is 2. The fraction of sp³-hybridized carbons (Fsp3) is 0.636. The fourth-order valence-electron chi connectivity index (χ4n) is 3.43. The second-order valence-electron chi connectivity index (χ2n) is 8.64. The average molecular weight is 433 g/mol. The average Bonchev–Trinajstić information content (AvgIpc) is 2.72. The van der Waals surface area contributed by atoms with Gasteiger partial charge in [-0.2, -0.15) is 0 Å². The lowest BCUT2D eigenvalue weighted by Gasteiger charge is -2.36. The number of piperidine rings is 1. The van der Waals surface area contributed by atoms with Crippen molar-refractivity contribution < 1.29 is 14.3 Å². The van der Waals surface area contributed by atoms with E-state index in [-0.39, 0.29) is 18.5 Å². The van der Waals surface area contributed by atoms with Crippen LogP contribution in [-0.2, 0) is 9.53 Å². The molecule has 9 nitrogen and oxygen atoms in total. The van der Waals surface area contributed by atoms with E-state index in [1.165, 1.54) is 0 Å². The zero-order valence-corrected chi connectivity index (χ0v) is 19.4. The van der Waals surface area contributed by atoms with E-state index in [4.69, 9.17) is 4.74 Å². The molecule has 0 atom stereocenters. The van der Waals surface area contributed by atoms with E-state index in [1.54, 1.807) is 36.5 Å². The first kappa shape index (κ1) is 24.4. The van der Waals surface area contributed by atoms with Crippen LogP contribution in [0.3, 0.4) is 0 Å². The van der Waals surface area contributed by atoms with Gasteiger partial charge in [0.15, 0.2) is 5.96 Å². The minimum Gasteiger partial charge on any atom is -0.444 e. The maximum absolute atomic E-state index is 12.4. The number of nitrogens with zero attached hydrogens (tertiary/aromatic N) is 4. The van der Waals surface area contributed by atoms with Crippen LogP contribution in [-0.4, -0.2) is 78.1 Å². The first-order valence-electron chi connectivity index (χ1n) is 10.8. The quantitative estimate of drug-likeness (QED) is 0.529. The van der Waals surface area contributed by atoms with Crippen LogP contribution in [0.15, 0.2) is 29.5 Å². The van der Waals surface area contributed by atoms with Crippen molar-refractivity contribution in [3.8, 4) is 0 Å². The molecule has 0 spiro atoms. The maximum Gasteiger partial charge on any atom is 0.410 e. The number of pyridine rings is 1. The van der Waals surface area contributed by atoms with Gasteiger partial charge in [-0.05, 0) is 58.6 Å². The molecule has 2 amide bonds. The highest BCUT2D eigenvalue weighted by molar-refractivity contribution is 5.94. The molecule has 2 rings (SSSR count). The normalized spacial score (nSPS) is 15.4. The van der Waals surface area contributed by atoms with E-state index in [9.17, 15) is 9.59 Å². The number of likely N-dealkylation sites (tertiary alicyclic amines) is 1. The van der Waals surface area contributed by atoms with Gasteiger partial charge in [0.1, 0.15) is 5.60 Å². The van der Waals surface area contributed by atoms with Crippen molar-refractivity contribution in [1.29, 1.82) is 0 Å². The van der Waals surface area contributed by atoms with Crippen molar-refractivity contribution in [3.63, 3.8) is 0 Å². The summed E-state index contributed by atoms with van der Waals surface area (Å²) in [5, 5.41) is 5.93. The molecule has 1 aromatic heterocycles. The van der Waals surface area contributed by atoms with Gasteiger partial charge < -0.3 is 25.2 Å². The third kappa shape index (κ3) is 8.43. The van der Waals surface area contributed by atoms with E-state index >= 15 is 0 Å². The molecule has 0 aliphatic carbocycles. The predicted molar refractivity (Wildman–Crippen MR) is 122 cm³/mol. The summed E-state index contributed by atoms with van der Waals surface area (Å²) in [6, 6.07) is 3.57. The summed E-state index contributed by atoms with van der Waals surface area (Å²) in [6.07, 6.45) is 4.90. The minimum absolute atomic E-state index is 0.129. The number of rotatable bonds is 6. The molecule has 1 fully saturated rings. The number of amides is 2. The summed E-state index contributed by atoms with van der Waals surface area (Å²) in [4.78, 5) is 36.8. The zero-order chi connectivity index (χ0) is 22.9. The van der Waals surface area contributed by atoms with Crippen LogP contribution >= 0.6 is 0 Å². The monoisotopic (exact) mass is 432 g/mol. The summed E-state index contributed by atoms with van der Waals surface area (Å²) >= 11 is 0. The van der Waals surface area contributed by atoms with Gasteiger partial charge >= 0.3 is 6.09 Å². The molecule has 0 aromatic carbocycles. The van der Waals surface area contributed by atoms with Gasteiger partial charge in [0.05, 0.1) is 18.4 Å². The number of hydrogen-bond donors (Lipinski definition) is 2. The Hall–Kier alpha value is -2.84. The maximum atomic E-state index is 12.4. The van der Waals surface area contributed by atoms with Gasteiger partial charge in [0, 0.05) is 39.4 Å². The van der Waals surface area contributed by atoms with Crippen molar-refractivity contribution >= 4 is 23.6 Å². The number of carbonyl (C=O) groups is 2. The summed E-state index contributed by atoms with van der Waals surface area (Å²) in [6.45, 7) is 10.7. The summed E-state index contributed by atoms with van der Waals surface area (Å²) in [7, 11) is 1.72. The van der Waals surface area contributed by atoms with Gasteiger partial charge in [0.2, 0.25) is 5.91 Å². The van der Waals surface area contributed by atoms with Crippen molar-refractivity contribution in [2.24, 2.45) is 10.9 Å². The molecular formula is C22H36N6O3. The summed E-state index contributed by atoms with van der Waals surface area (Å²) in [5.41, 5.74) is 0.172. The van der Waals surface area contributed by atoms with Gasteiger partial charge in [-0.3, -0.25) is 14.8 Å². The Morgan fingerprint density at radius 2 is 2.03 bits per heavy atom. The standard InChI is InChI=1S/C22H36N6O3/c1-6-27(21(30)31-22(2,3)4)16-17-9-12-28(13-10-17)20(23-5)25-15-19(29)26-18-8-7-11-24-14-18/h7-8,11,14,17H,6,9-10,12-13,15-16H2,1-5H3,(H,23,25)(H,26,29). The molecule has 0 radical (unpaired) electrons. The van der Waals surface area contributed by atoms with Gasteiger partial charge in [-0.15, -0.1) is 0 Å². The number of aromatic nitrogens is 1. The van der Waals surface area contributed by atoms with Crippen molar-refractivity contribution in [2.45, 2.75) is 46.1 Å². The number of hydrogen-bond acceptors (Lipinski definition) is 5. The third-order valence-corrected chi connectivity index (χ3v) is 4.99. The molecule has 2 N–H and O–H groups in total. The molecule has 1 saturated heterocycles. The minimum atomic E-state index is -0.491. The molecule has 0 unspecified atom stereocenters. The predicted octanol–water partition coefficient (Wildman–Crippen LogP) is 2.56. The number of aliphatic imine (C=N–C) groups is 1. The number of anilines is 1. The van der Waals surface area contributed by atoms with Gasteiger partial charge in [-0.25, -0.2) is 4.79 Å². The van der Waals surface area contributed by atoms with E-state index in [0.717, 1.165) is 25.9 Å². The van der Waals surface area contributed by atoms with E-state index in [0.29, 0.717) is 30.7 Å². The highest BCUT2D eigenvalue weighted by Crippen LogP contribution is 2.20. The van der Waals surface area contributed by atoms with Crippen molar-refractivity contribution in [3.05, 3.63) is 24.5 Å². The lowest BCUT2D eigenvalue weighted by molar-refractivity contribution is -0.115. The Labute approximate surface area is 185 Å². The number of ether oxygens (including phenoxy) is 1. The van der Waals surface area contributed by atoms with Crippen LogP contribution in [0.5, 0.6) is 0 Å². The summed E-state index contributed by atoms with van der Waals surface area (Å²) < 4.78 is 5.51. The molecule has 9 heteroatoms. The van der Waals surface area contributed by atoms with Crippen molar-refractivity contribution in [1.82, 2.24) is 20.1 Å². The van der Waals surface area contributed by atoms with Crippen LogP contribution in [0.25, 0.3) is 0 Å². The zero-order valence-electron chi connectivity index (χ0n) is 19.4. The molecule has 2 heterocycles. The molecule has 0 saturated carbocycles. The second-order valence-corrected chi connectivity index (χ2v) is 8.64. The highest BCUT2D eigenvalue weighted by atomic mass is 16.6. The van der Waals surface area contributed by atoms with Crippen molar-refractivity contribution in [2.75, 3.05) is 45.1 Å². The molecular weight excluding hydrogens is 396 g/mol. The van der Waals surface area contributed by atoms with Crippen LogP contribution in [0, 0.1) is 5.92 Å². The summed E-state index contributed by atoms with van der Waals surface area (Å²) in [5.74, 6) is 0.968. The third-order valence-electron chi connectivity index (χ3n) is 4.99. The lowest BCUT2D eigenvalue weighted by Crippen LogP contribution is -2.49. The Morgan fingerprint density at radius 3 is 2.58 bits per heavy atom. The van der Waals surface area contributed by atoms with Crippen LogP contribution in [0.2, 0.25) is 0 Å². The van der Waals surface area contributed by atoms with Gasteiger partial charge in [0.25, 0.3) is 0 Å². The van der Waals surface area contributed by atoms with E-state index < -0.39 is 5.60 Å². The first-order valence-corrected chi connectivity index (χ1v) is 10.8. The highest BCUT2D eigenvalue weighted by Gasteiger charge is 2.27. The SMILES string of the molecule is CCN(CC1CCN(C(=NC)NCC(=O)Nc2cccnc2)CC1)C(=O)OC(C)(C)C. The fourth-order valence-corrected chi connectivity index (χ4v) is 3.43. The Kier molecular flexibility index (Phi) is 9.08. The molecule has 1 aromatic rings. The van der Waals surface area contributed by atoms with Crippen LogP contribution in [0.1, 0.15) is 40.5 Å². The van der Waals surface area contributed by atoms with Gasteiger partial charge in [-0.1, -0.05) is 0 Å². The van der Waals surface area contributed by atoms with E-state index in [2.05, 4.69) is 25.5 Å². The lowest BCUT2D eigenvalue weighted by atomic mass is 9.96. The molecule has 172 valence electrons. The number of guanidine groups is 1. The topological polar surface area (TPSA) is 99.2 Å².